The molecule has 8 nitrogen and oxygen atoms in total. The number of fused-ring (bicyclic) bond motifs is 1. The van der Waals surface area contributed by atoms with Crippen molar-refractivity contribution in [3.05, 3.63) is 96.1 Å². The van der Waals surface area contributed by atoms with E-state index in [1.807, 2.05) is 79.7 Å². The fourth-order valence-corrected chi connectivity index (χ4v) is 4.78. The molecule has 0 saturated heterocycles. The summed E-state index contributed by atoms with van der Waals surface area (Å²) in [5, 5.41) is 5.35. The minimum Gasteiger partial charge on any atom is -0.332 e. The lowest BCUT2D eigenvalue weighted by Crippen LogP contribution is -2.57. The molecule has 42 heavy (non-hydrogen) atoms. The van der Waals surface area contributed by atoms with Gasteiger partial charge in [0, 0.05) is 48.1 Å². The van der Waals surface area contributed by atoms with Crippen molar-refractivity contribution in [3.63, 3.8) is 0 Å². The van der Waals surface area contributed by atoms with Gasteiger partial charge < -0.3 is 15.5 Å². The van der Waals surface area contributed by atoms with Gasteiger partial charge in [0.15, 0.2) is 0 Å². The number of benzene rings is 3. The van der Waals surface area contributed by atoms with E-state index in [2.05, 4.69) is 6.07 Å². The van der Waals surface area contributed by atoms with Crippen LogP contribution in [-0.4, -0.2) is 91.4 Å². The summed E-state index contributed by atoms with van der Waals surface area (Å²) >= 11 is 0. The Morgan fingerprint density at radius 3 is 1.98 bits per heavy atom. The highest BCUT2D eigenvalue weighted by Gasteiger charge is 2.36. The standard InChI is InChI=1S/C34H45N5O3/c1-25(24-35)13-12-18-32(40)37(4)30(23-27-19-20-28-16-10-11-17-29(28)21-27)33(41)38(5)31(34(42)39(6)36(2)3)22-26-14-8-7-9-15-26/h7-12,14-21,25,30-31H,13,22-24,35H2,1-6H3/t25?,30-,31-/m1/s1. The quantitative estimate of drug-likeness (QED) is 0.249. The number of nitrogens with two attached hydrogens (primary N) is 1. The highest BCUT2D eigenvalue weighted by molar-refractivity contribution is 5.95. The molecule has 0 spiro atoms. The van der Waals surface area contributed by atoms with Gasteiger partial charge in [-0.3, -0.25) is 19.4 Å². The van der Waals surface area contributed by atoms with Gasteiger partial charge in [0.2, 0.25) is 11.8 Å². The molecule has 3 amide bonds. The Morgan fingerprint density at radius 1 is 0.738 bits per heavy atom. The van der Waals surface area contributed by atoms with E-state index in [1.165, 1.54) is 20.9 Å². The first-order valence-electron chi connectivity index (χ1n) is 14.4. The van der Waals surface area contributed by atoms with Crippen LogP contribution < -0.4 is 5.73 Å². The zero-order chi connectivity index (χ0) is 30.8. The predicted octanol–water partition coefficient (Wildman–Crippen LogP) is 3.76. The number of rotatable bonds is 13. The summed E-state index contributed by atoms with van der Waals surface area (Å²) in [6, 6.07) is 22.2. The smallest absolute Gasteiger partial charge is 0.259 e. The zero-order valence-electron chi connectivity index (χ0n) is 25.7. The lowest BCUT2D eigenvalue weighted by molar-refractivity contribution is -0.154. The van der Waals surface area contributed by atoms with E-state index in [0.29, 0.717) is 25.8 Å². The third-order valence-corrected chi connectivity index (χ3v) is 7.84. The molecule has 3 aromatic carbocycles. The van der Waals surface area contributed by atoms with Crippen molar-refractivity contribution in [2.24, 2.45) is 11.7 Å². The van der Waals surface area contributed by atoms with Crippen LogP contribution in [0.5, 0.6) is 0 Å². The summed E-state index contributed by atoms with van der Waals surface area (Å²) < 4.78 is 0. The average molecular weight is 572 g/mol. The van der Waals surface area contributed by atoms with Crippen LogP contribution in [0, 0.1) is 5.92 Å². The summed E-state index contributed by atoms with van der Waals surface area (Å²) in [5.74, 6) is -0.542. The Kier molecular flexibility index (Phi) is 11.8. The number of hydrogen-bond donors (Lipinski definition) is 1. The van der Waals surface area contributed by atoms with Crippen LogP contribution in [0.15, 0.2) is 84.9 Å². The second-order valence-electron chi connectivity index (χ2n) is 11.2. The molecule has 0 saturated carbocycles. The van der Waals surface area contributed by atoms with Crippen molar-refractivity contribution in [1.82, 2.24) is 19.8 Å². The minimum absolute atomic E-state index is 0.214. The fourth-order valence-electron chi connectivity index (χ4n) is 4.78. The summed E-state index contributed by atoms with van der Waals surface area (Å²) in [5.41, 5.74) is 7.60. The number of carbonyl (C=O) groups excluding carboxylic acids is 3. The zero-order valence-corrected chi connectivity index (χ0v) is 25.7. The van der Waals surface area contributed by atoms with E-state index in [1.54, 1.807) is 40.2 Å². The molecular weight excluding hydrogens is 526 g/mol. The number of amides is 3. The second-order valence-corrected chi connectivity index (χ2v) is 11.2. The fraction of sp³-hybridized carbons (Fsp3) is 0.382. The third kappa shape index (κ3) is 8.50. The predicted molar refractivity (Wildman–Crippen MR) is 169 cm³/mol. The lowest BCUT2D eigenvalue weighted by Gasteiger charge is -2.37. The van der Waals surface area contributed by atoms with E-state index in [4.69, 9.17) is 5.73 Å². The molecule has 0 aliphatic heterocycles. The van der Waals surface area contributed by atoms with Gasteiger partial charge in [0.1, 0.15) is 12.1 Å². The van der Waals surface area contributed by atoms with Gasteiger partial charge in [-0.25, -0.2) is 5.01 Å². The molecule has 0 fully saturated rings. The summed E-state index contributed by atoms with van der Waals surface area (Å²) in [4.78, 5) is 44.3. The molecule has 1 unspecified atom stereocenters. The van der Waals surface area contributed by atoms with Crippen LogP contribution in [0.2, 0.25) is 0 Å². The molecule has 0 aliphatic carbocycles. The van der Waals surface area contributed by atoms with Gasteiger partial charge in [-0.05, 0) is 46.9 Å². The topological polar surface area (TPSA) is 90.2 Å². The van der Waals surface area contributed by atoms with Gasteiger partial charge in [0.05, 0.1) is 0 Å². The Morgan fingerprint density at radius 2 is 1.33 bits per heavy atom. The maximum absolute atomic E-state index is 14.3. The molecule has 0 radical (unpaired) electrons. The number of nitrogens with zero attached hydrogens (tertiary/aromatic N) is 4. The minimum atomic E-state index is -0.823. The highest BCUT2D eigenvalue weighted by Crippen LogP contribution is 2.20. The van der Waals surface area contributed by atoms with Crippen molar-refractivity contribution < 1.29 is 14.4 Å². The van der Waals surface area contributed by atoms with E-state index in [-0.39, 0.29) is 23.6 Å². The Labute approximate surface area is 250 Å². The van der Waals surface area contributed by atoms with Gasteiger partial charge in [0.25, 0.3) is 5.91 Å². The van der Waals surface area contributed by atoms with Crippen molar-refractivity contribution in [2.45, 2.75) is 38.3 Å². The van der Waals surface area contributed by atoms with Crippen molar-refractivity contribution in [1.29, 1.82) is 0 Å². The number of likely N-dealkylation sites (N-methyl/N-ethyl adjacent to an activating group) is 3. The van der Waals surface area contributed by atoms with Crippen LogP contribution in [0.3, 0.4) is 0 Å². The molecule has 3 atom stereocenters. The molecule has 0 aliphatic rings. The van der Waals surface area contributed by atoms with Crippen LogP contribution in [-0.2, 0) is 27.2 Å². The Hall–Kier alpha value is -4.01. The number of hydrogen-bond acceptors (Lipinski definition) is 5. The van der Waals surface area contributed by atoms with Crippen LogP contribution in [0.1, 0.15) is 24.5 Å². The van der Waals surface area contributed by atoms with Crippen molar-refractivity contribution in [2.75, 3.05) is 41.8 Å². The summed E-state index contributed by atoms with van der Waals surface area (Å²) in [6.45, 7) is 2.55. The number of carbonyl (C=O) groups is 3. The van der Waals surface area contributed by atoms with Crippen LogP contribution in [0.4, 0.5) is 0 Å². The SMILES string of the molecule is CC(CN)CC=CC(=O)N(C)[C@H](Cc1ccc2ccccc2c1)C(=O)N(C)[C@H](Cc1ccccc1)C(=O)N(C)N(C)C. The molecule has 8 heteroatoms. The maximum Gasteiger partial charge on any atom is 0.259 e. The maximum atomic E-state index is 14.3. The van der Waals surface area contributed by atoms with E-state index >= 15 is 0 Å². The van der Waals surface area contributed by atoms with Crippen molar-refractivity contribution in [3.8, 4) is 0 Å². The average Bonchev–Trinajstić information content (AvgIpc) is 3.00. The Balaban J connectivity index is 1.97. The van der Waals surface area contributed by atoms with Crippen LogP contribution >= 0.6 is 0 Å². The van der Waals surface area contributed by atoms with Gasteiger partial charge in [-0.15, -0.1) is 0 Å². The number of allylic oxidation sites excluding steroid dienone is 1. The monoisotopic (exact) mass is 571 g/mol. The largest absolute Gasteiger partial charge is 0.332 e. The lowest BCUT2D eigenvalue weighted by atomic mass is 9.98. The van der Waals surface area contributed by atoms with E-state index in [0.717, 1.165) is 21.9 Å². The Bertz CT molecular complexity index is 1370. The first-order chi connectivity index (χ1) is 20.0. The first kappa shape index (κ1) is 32.5. The summed E-state index contributed by atoms with van der Waals surface area (Å²) in [7, 11) is 8.56. The molecule has 3 aromatic rings. The van der Waals surface area contributed by atoms with Gasteiger partial charge in [-0.1, -0.05) is 85.8 Å². The highest BCUT2D eigenvalue weighted by atomic mass is 16.2. The van der Waals surface area contributed by atoms with Gasteiger partial charge >= 0.3 is 0 Å². The third-order valence-electron chi connectivity index (χ3n) is 7.84. The molecule has 0 aromatic heterocycles. The second kappa shape index (κ2) is 15.3. The summed E-state index contributed by atoms with van der Waals surface area (Å²) in [6.07, 6.45) is 4.64. The molecule has 224 valence electrons. The van der Waals surface area contributed by atoms with E-state index in [9.17, 15) is 14.4 Å². The number of hydrazine groups is 1. The molecule has 0 bridgehead atoms. The normalized spacial score (nSPS) is 13.6. The van der Waals surface area contributed by atoms with Crippen molar-refractivity contribution >= 4 is 28.5 Å². The van der Waals surface area contributed by atoms with Gasteiger partial charge in [-0.2, -0.15) is 0 Å². The first-order valence-corrected chi connectivity index (χ1v) is 14.4. The van der Waals surface area contributed by atoms with E-state index < -0.39 is 12.1 Å². The van der Waals surface area contributed by atoms with Crippen LogP contribution in [0.25, 0.3) is 10.8 Å². The molecule has 0 heterocycles. The molecular formula is C34H45N5O3. The molecule has 3 rings (SSSR count). The molecule has 2 N–H and O–H groups in total.